The minimum atomic E-state index is -1.26. The van der Waals surface area contributed by atoms with Gasteiger partial charge in [-0.05, 0) is 0 Å². The fourth-order valence-corrected chi connectivity index (χ4v) is 1.95. The van der Waals surface area contributed by atoms with E-state index in [9.17, 15) is 15.0 Å². The van der Waals surface area contributed by atoms with Crippen molar-refractivity contribution in [3.8, 4) is 0 Å². The number of nitrogens with zero attached hydrogens (tertiary/aromatic N) is 2. The molecule has 0 aromatic carbocycles. The zero-order valence-corrected chi connectivity index (χ0v) is 9.06. The number of amides is 2. The Hall–Kier alpha value is -1.22. The lowest BCUT2D eigenvalue weighted by atomic mass is 10.1. The molecule has 0 radical (unpaired) electrons. The summed E-state index contributed by atoms with van der Waals surface area (Å²) in [6.07, 6.45) is -3.98. The van der Waals surface area contributed by atoms with Crippen LogP contribution in [0, 0.1) is 0 Å². The van der Waals surface area contributed by atoms with Crippen LogP contribution in [0.15, 0.2) is 4.99 Å². The van der Waals surface area contributed by atoms with Gasteiger partial charge in [0.2, 0.25) is 0 Å². The fraction of sp³-hybridized carbons (Fsp3) is 0.778. The van der Waals surface area contributed by atoms with Crippen LogP contribution < -0.4 is 5.73 Å². The van der Waals surface area contributed by atoms with Gasteiger partial charge in [0.15, 0.2) is 6.23 Å². The van der Waals surface area contributed by atoms with Gasteiger partial charge in [-0.15, -0.1) is 0 Å². The molecular weight excluding hydrogens is 230 g/mol. The summed E-state index contributed by atoms with van der Waals surface area (Å²) in [5.41, 5.74) is 5.41. The van der Waals surface area contributed by atoms with Crippen LogP contribution in [0.2, 0.25) is 0 Å². The predicted octanol–water partition coefficient (Wildman–Crippen LogP) is -2.39. The molecule has 0 bridgehead atoms. The van der Waals surface area contributed by atoms with Gasteiger partial charge < -0.3 is 25.8 Å². The van der Waals surface area contributed by atoms with Crippen molar-refractivity contribution in [3.63, 3.8) is 0 Å². The van der Waals surface area contributed by atoms with Gasteiger partial charge in [0, 0.05) is 13.0 Å². The Morgan fingerprint density at radius 1 is 1.47 bits per heavy atom. The second-order valence-electron chi connectivity index (χ2n) is 4.06. The number of aliphatic hydroxyl groups excluding tert-OH is 3. The standard InChI is InChI=1S/C9H15N3O5/c10-5-1-2-12(9(16)11-5)8-7(15)6(14)4(3-13)17-8/h4,6-8,13-15H,1-3H2,(H2,10,11,16)/t4-,6?,7-,8-/m1/s1. The van der Waals surface area contributed by atoms with Crippen molar-refractivity contribution in [1.82, 2.24) is 4.90 Å². The Balaban J connectivity index is 2.11. The van der Waals surface area contributed by atoms with Gasteiger partial charge in [-0.2, -0.15) is 4.99 Å². The van der Waals surface area contributed by atoms with Gasteiger partial charge in [0.1, 0.15) is 24.1 Å². The van der Waals surface area contributed by atoms with Crippen LogP contribution in [-0.2, 0) is 4.74 Å². The maximum Gasteiger partial charge on any atom is 0.347 e. The van der Waals surface area contributed by atoms with Gasteiger partial charge in [-0.1, -0.05) is 0 Å². The van der Waals surface area contributed by atoms with Crippen LogP contribution >= 0.6 is 0 Å². The van der Waals surface area contributed by atoms with E-state index in [4.69, 9.17) is 15.6 Å². The molecule has 96 valence electrons. The van der Waals surface area contributed by atoms with Gasteiger partial charge in [-0.25, -0.2) is 4.79 Å². The Labute approximate surface area is 97.3 Å². The normalized spacial score (nSPS) is 38.4. The van der Waals surface area contributed by atoms with E-state index in [1.807, 2.05) is 0 Å². The van der Waals surface area contributed by atoms with E-state index in [1.165, 1.54) is 4.90 Å². The number of aliphatic hydroxyl groups is 3. The number of urea groups is 1. The van der Waals surface area contributed by atoms with Crippen molar-refractivity contribution in [2.75, 3.05) is 13.2 Å². The lowest BCUT2D eigenvalue weighted by Gasteiger charge is -2.30. The Kier molecular flexibility index (Phi) is 3.29. The van der Waals surface area contributed by atoms with E-state index >= 15 is 0 Å². The molecule has 1 unspecified atom stereocenters. The van der Waals surface area contributed by atoms with Crippen molar-refractivity contribution in [2.45, 2.75) is 31.0 Å². The summed E-state index contributed by atoms with van der Waals surface area (Å²) in [6.45, 7) is -0.164. The highest BCUT2D eigenvalue weighted by Gasteiger charge is 2.47. The molecule has 2 heterocycles. The molecule has 0 saturated carbocycles. The van der Waals surface area contributed by atoms with Crippen LogP contribution in [0.1, 0.15) is 6.42 Å². The van der Waals surface area contributed by atoms with E-state index in [0.29, 0.717) is 6.42 Å². The van der Waals surface area contributed by atoms with E-state index in [1.54, 1.807) is 0 Å². The zero-order chi connectivity index (χ0) is 12.6. The first-order valence-electron chi connectivity index (χ1n) is 5.30. The largest absolute Gasteiger partial charge is 0.394 e. The predicted molar refractivity (Wildman–Crippen MR) is 56.1 cm³/mol. The Morgan fingerprint density at radius 3 is 2.71 bits per heavy atom. The first-order valence-corrected chi connectivity index (χ1v) is 5.30. The van der Waals surface area contributed by atoms with Crippen LogP contribution in [0.25, 0.3) is 0 Å². The van der Waals surface area contributed by atoms with Crippen LogP contribution in [0.4, 0.5) is 4.79 Å². The van der Waals surface area contributed by atoms with E-state index in [-0.39, 0.29) is 12.4 Å². The molecule has 4 atom stereocenters. The molecule has 2 rings (SSSR count). The number of nitrogens with two attached hydrogens (primary N) is 1. The number of amidine groups is 1. The Morgan fingerprint density at radius 2 is 2.18 bits per heavy atom. The third-order valence-electron chi connectivity index (χ3n) is 2.92. The van der Waals surface area contributed by atoms with E-state index in [0.717, 1.165) is 0 Å². The number of rotatable bonds is 2. The molecule has 2 aliphatic heterocycles. The second-order valence-corrected chi connectivity index (χ2v) is 4.06. The van der Waals surface area contributed by atoms with Crippen molar-refractivity contribution in [2.24, 2.45) is 10.7 Å². The van der Waals surface area contributed by atoms with Gasteiger partial charge in [0.25, 0.3) is 0 Å². The molecular formula is C9H15N3O5. The van der Waals surface area contributed by atoms with Crippen LogP contribution in [0.5, 0.6) is 0 Å². The summed E-state index contributed by atoms with van der Waals surface area (Å²) in [4.78, 5) is 16.3. The molecule has 0 aliphatic carbocycles. The Bertz CT molecular complexity index is 348. The van der Waals surface area contributed by atoms with E-state index < -0.39 is 37.2 Å². The number of aliphatic imine (C=N–C) groups is 1. The molecule has 17 heavy (non-hydrogen) atoms. The summed E-state index contributed by atoms with van der Waals surface area (Å²) < 4.78 is 5.23. The van der Waals surface area contributed by atoms with Gasteiger partial charge in [0.05, 0.1) is 6.61 Å². The molecule has 5 N–H and O–H groups in total. The lowest BCUT2D eigenvalue weighted by Crippen LogP contribution is -2.49. The highest BCUT2D eigenvalue weighted by Crippen LogP contribution is 2.25. The minimum Gasteiger partial charge on any atom is -0.394 e. The number of ether oxygens (including phenoxy) is 1. The molecule has 1 saturated heterocycles. The van der Waals surface area contributed by atoms with Crippen molar-refractivity contribution >= 4 is 11.9 Å². The van der Waals surface area contributed by atoms with Crippen molar-refractivity contribution in [1.29, 1.82) is 0 Å². The number of hydrogen-bond donors (Lipinski definition) is 4. The highest BCUT2D eigenvalue weighted by molar-refractivity contribution is 5.95. The average molecular weight is 245 g/mol. The maximum atomic E-state index is 11.6. The molecule has 2 aliphatic rings. The monoisotopic (exact) mass is 245 g/mol. The average Bonchev–Trinajstić information content (AvgIpc) is 2.57. The molecule has 8 nitrogen and oxygen atoms in total. The fourth-order valence-electron chi connectivity index (χ4n) is 1.95. The summed E-state index contributed by atoms with van der Waals surface area (Å²) in [5, 5.41) is 28.2. The lowest BCUT2D eigenvalue weighted by molar-refractivity contribution is -0.0780. The molecule has 2 amide bonds. The zero-order valence-electron chi connectivity index (χ0n) is 9.06. The SMILES string of the molecule is NC1=NC(=O)N([C@@H]2O[C@H](CO)C(O)[C@H]2O)CC1. The topological polar surface area (TPSA) is 129 Å². The van der Waals surface area contributed by atoms with Crippen molar-refractivity contribution < 1.29 is 24.9 Å². The van der Waals surface area contributed by atoms with Gasteiger partial charge in [-0.3, -0.25) is 4.90 Å². The third-order valence-corrected chi connectivity index (χ3v) is 2.92. The first kappa shape index (κ1) is 12.2. The van der Waals surface area contributed by atoms with Crippen LogP contribution in [0.3, 0.4) is 0 Å². The van der Waals surface area contributed by atoms with E-state index in [2.05, 4.69) is 4.99 Å². The van der Waals surface area contributed by atoms with Gasteiger partial charge >= 0.3 is 6.03 Å². The van der Waals surface area contributed by atoms with Crippen molar-refractivity contribution in [3.05, 3.63) is 0 Å². The minimum absolute atomic E-state index is 0.234. The quantitative estimate of drug-likeness (QED) is 0.429. The second kappa shape index (κ2) is 4.57. The highest BCUT2D eigenvalue weighted by atomic mass is 16.6. The summed E-state index contributed by atoms with van der Waals surface area (Å²) in [5.74, 6) is 0.234. The molecule has 1 fully saturated rings. The third kappa shape index (κ3) is 2.12. The summed E-state index contributed by atoms with van der Waals surface area (Å²) >= 11 is 0. The van der Waals surface area contributed by atoms with Crippen LogP contribution in [-0.4, -0.2) is 69.8 Å². The number of carbonyl (C=O) groups excluding carboxylic acids is 1. The number of hydrogen-bond acceptors (Lipinski definition) is 6. The summed E-state index contributed by atoms with van der Waals surface area (Å²) in [7, 11) is 0. The molecule has 0 aromatic heterocycles. The number of carbonyl (C=O) groups is 1. The smallest absolute Gasteiger partial charge is 0.347 e. The molecule has 0 spiro atoms. The summed E-state index contributed by atoms with van der Waals surface area (Å²) in [6, 6.07) is -0.608. The molecule has 8 heteroatoms. The first-order chi connectivity index (χ1) is 8.04. The maximum absolute atomic E-state index is 11.6. The molecule has 0 aromatic rings.